The maximum Gasteiger partial charge on any atom is 0.0713 e. The van der Waals surface area contributed by atoms with E-state index in [2.05, 4.69) is 282 Å². The maximum absolute atomic E-state index is 4.19. The summed E-state index contributed by atoms with van der Waals surface area (Å²) in [5, 5.41) is 0. The average molecular weight is 1050 g/mol. The highest BCUT2D eigenvalue weighted by Gasteiger charge is 2.47. The Kier molecular flexibility index (Phi) is 27.0. The molecule has 0 aliphatic heterocycles. The van der Waals surface area contributed by atoms with Gasteiger partial charge in [0.15, 0.2) is 0 Å². The van der Waals surface area contributed by atoms with Gasteiger partial charge in [-0.1, -0.05) is 300 Å². The first-order valence-electron chi connectivity index (χ1n) is 28.5. The van der Waals surface area contributed by atoms with Gasteiger partial charge in [0.2, 0.25) is 0 Å². The minimum absolute atomic E-state index is 0.285. The van der Waals surface area contributed by atoms with Crippen LogP contribution in [-0.2, 0) is 17.3 Å². The summed E-state index contributed by atoms with van der Waals surface area (Å²) < 4.78 is 0. The number of fused-ring (bicyclic) bond motifs is 3. The molecule has 0 spiro atoms. The molecule has 0 N–H and O–H groups in total. The van der Waals surface area contributed by atoms with Crippen LogP contribution in [0, 0.1) is 47.5 Å². The highest BCUT2D eigenvalue weighted by molar-refractivity contribution is 7.12. The standard InChI is InChI=1S/C31H26.C17H26S.C11H16.C8H10.C8H12.C2H6/c1-5-25-22(4)20-29-30(26(25)6-2)27-18-17-21(3)19-28(27)31(29,23-13-9-7-10-14-23)24-15-11-8-12-16-24;1-7-10-11-15-13(6)18-16(9-3)17(15)14(8-2)12(4)5;1-9-5-7-10(8-6-9)11(2,3)4;1-7-3-5-8(2)6-4-7;1-4-7-8(5-2)6-3;1-2/h5-20H,1-2H2,3-4H3;8,10-12H,7,9H2,1-6H3;5-8H,1-4H3;3-6H,1-2H3;4-5,7H,1-2,6H2,3H3;1-2H3/b;11-10-,14-8-;;;8-7+;. The van der Waals surface area contributed by atoms with Crippen molar-refractivity contribution in [1.29, 1.82) is 0 Å². The normalized spacial score (nSPS) is 12.1. The largest absolute Gasteiger partial charge is 0.144 e. The van der Waals surface area contributed by atoms with Crippen molar-refractivity contribution in [2.45, 2.75) is 148 Å². The highest BCUT2D eigenvalue weighted by Crippen LogP contribution is 2.58. The van der Waals surface area contributed by atoms with Crippen LogP contribution >= 0.6 is 11.3 Å². The molecule has 0 radical (unpaired) electrons. The van der Waals surface area contributed by atoms with Crippen LogP contribution in [-0.4, -0.2) is 0 Å². The molecule has 1 heterocycles. The molecule has 8 rings (SSSR count). The van der Waals surface area contributed by atoms with E-state index in [1.54, 1.807) is 6.08 Å². The third-order valence-corrected chi connectivity index (χ3v) is 15.4. The molecule has 1 aliphatic carbocycles. The van der Waals surface area contributed by atoms with Crippen LogP contribution < -0.4 is 0 Å². The van der Waals surface area contributed by atoms with E-state index in [0.717, 1.165) is 24.8 Å². The topological polar surface area (TPSA) is 0 Å². The van der Waals surface area contributed by atoms with Gasteiger partial charge in [0.25, 0.3) is 0 Å². The number of aryl methyl sites for hydroxylation is 7. The lowest BCUT2D eigenvalue weighted by atomic mass is 9.67. The van der Waals surface area contributed by atoms with Crippen molar-refractivity contribution < 1.29 is 0 Å². The van der Waals surface area contributed by atoms with E-state index >= 15 is 0 Å². The highest BCUT2D eigenvalue weighted by atomic mass is 32.1. The van der Waals surface area contributed by atoms with E-state index < -0.39 is 0 Å². The predicted octanol–water partition coefficient (Wildman–Crippen LogP) is 23.4. The van der Waals surface area contributed by atoms with Crippen molar-refractivity contribution in [2.75, 3.05) is 0 Å². The number of thiophene rings is 1. The van der Waals surface area contributed by atoms with Gasteiger partial charge >= 0.3 is 0 Å². The van der Waals surface area contributed by atoms with Gasteiger partial charge in [0.05, 0.1) is 5.41 Å². The van der Waals surface area contributed by atoms with E-state index in [1.165, 1.54) is 104 Å². The zero-order valence-corrected chi connectivity index (χ0v) is 52.1. The SMILES string of the molecule is C/C=C(\c1c(CC)sc(C)c1/C=C\CC)C(C)C.C=C/C=C(\C=C)CC.C=Cc1c(C)cc2c(c1C=C)-c1ccc(C)cc1C2(c1ccccc1)c1ccccc1.CC.Cc1ccc(C(C)(C)C)cc1.Cc1ccc(C)cc1. The molecule has 0 fully saturated rings. The molecule has 7 aromatic rings. The molecule has 0 amide bonds. The second-order valence-electron chi connectivity index (χ2n) is 21.1. The van der Waals surface area contributed by atoms with Crippen molar-refractivity contribution in [3.05, 3.63) is 283 Å². The Balaban J connectivity index is 0.000000287. The fraction of sp³-hybridized carbons (Fsp3) is 0.299. The molecule has 410 valence electrons. The first-order chi connectivity index (χ1) is 37.3. The Morgan fingerprint density at radius 1 is 0.615 bits per heavy atom. The second kappa shape index (κ2) is 32.2. The third-order valence-electron chi connectivity index (χ3n) is 14.1. The van der Waals surface area contributed by atoms with Gasteiger partial charge in [0.1, 0.15) is 0 Å². The summed E-state index contributed by atoms with van der Waals surface area (Å²) in [6, 6.07) is 48.3. The number of rotatable bonds is 12. The van der Waals surface area contributed by atoms with Crippen LogP contribution in [0.3, 0.4) is 0 Å². The summed E-state index contributed by atoms with van der Waals surface area (Å²) >= 11 is 1.96. The Labute approximate surface area is 480 Å². The van der Waals surface area contributed by atoms with Gasteiger partial charge in [-0.2, -0.15) is 0 Å². The molecule has 0 unspecified atom stereocenters. The van der Waals surface area contributed by atoms with Crippen LogP contribution in [0.15, 0.2) is 196 Å². The van der Waals surface area contributed by atoms with Crippen LogP contribution in [0.5, 0.6) is 0 Å². The molecule has 1 aliphatic rings. The summed E-state index contributed by atoms with van der Waals surface area (Å²) in [5.74, 6) is 0.586. The van der Waals surface area contributed by atoms with Gasteiger partial charge in [-0.3, -0.25) is 0 Å². The molecular formula is C77H96S. The molecule has 0 saturated heterocycles. The zero-order valence-electron chi connectivity index (χ0n) is 51.3. The molecule has 0 saturated carbocycles. The van der Waals surface area contributed by atoms with Gasteiger partial charge in [-0.05, 0) is 157 Å². The average Bonchev–Trinajstić information content (AvgIpc) is 4.09. The lowest BCUT2D eigenvalue weighted by Crippen LogP contribution is -2.28. The molecular weight excluding hydrogens is 957 g/mol. The smallest absolute Gasteiger partial charge is 0.0713 e. The lowest BCUT2D eigenvalue weighted by Gasteiger charge is -2.34. The lowest BCUT2D eigenvalue weighted by molar-refractivity contribution is 0.590. The van der Waals surface area contributed by atoms with Crippen molar-refractivity contribution >= 4 is 35.1 Å². The Morgan fingerprint density at radius 2 is 1.12 bits per heavy atom. The number of hydrogen-bond donors (Lipinski definition) is 0. The van der Waals surface area contributed by atoms with Crippen LogP contribution in [0.1, 0.15) is 177 Å². The van der Waals surface area contributed by atoms with E-state index in [0.29, 0.717) is 5.92 Å². The summed E-state index contributed by atoms with van der Waals surface area (Å²) in [6.07, 6.45) is 19.7. The molecule has 1 heteroatoms. The van der Waals surface area contributed by atoms with Crippen molar-refractivity contribution in [3.8, 4) is 11.1 Å². The molecule has 0 atom stereocenters. The Bertz CT molecular complexity index is 3020. The van der Waals surface area contributed by atoms with Gasteiger partial charge in [-0.25, -0.2) is 0 Å². The number of benzene rings is 6. The first-order valence-corrected chi connectivity index (χ1v) is 29.3. The Hall–Kier alpha value is -6.80. The summed E-state index contributed by atoms with van der Waals surface area (Å²) in [7, 11) is 0. The summed E-state index contributed by atoms with van der Waals surface area (Å²) in [5.41, 5.74) is 23.6. The van der Waals surface area contributed by atoms with Crippen molar-refractivity contribution in [3.63, 3.8) is 0 Å². The molecule has 0 nitrogen and oxygen atoms in total. The molecule has 78 heavy (non-hydrogen) atoms. The van der Waals surface area contributed by atoms with Crippen molar-refractivity contribution in [2.24, 2.45) is 5.92 Å². The molecule has 6 aromatic carbocycles. The quantitative estimate of drug-likeness (QED) is 0.107. The Morgan fingerprint density at radius 3 is 1.51 bits per heavy atom. The van der Waals surface area contributed by atoms with E-state index in [-0.39, 0.29) is 10.8 Å². The van der Waals surface area contributed by atoms with E-state index in [9.17, 15) is 0 Å². The number of hydrogen-bond acceptors (Lipinski definition) is 1. The molecule has 1 aromatic heterocycles. The minimum Gasteiger partial charge on any atom is -0.144 e. The monoisotopic (exact) mass is 1050 g/mol. The van der Waals surface area contributed by atoms with Gasteiger partial charge in [0, 0.05) is 9.75 Å². The van der Waals surface area contributed by atoms with Crippen LogP contribution in [0.25, 0.3) is 34.9 Å². The minimum atomic E-state index is -0.374. The maximum atomic E-state index is 4.19. The summed E-state index contributed by atoms with van der Waals surface area (Å²) in [6.45, 7) is 52.4. The first kappa shape index (κ1) is 65.5. The van der Waals surface area contributed by atoms with E-state index in [4.69, 9.17) is 0 Å². The fourth-order valence-electron chi connectivity index (χ4n) is 9.98. The van der Waals surface area contributed by atoms with Gasteiger partial charge in [-0.15, -0.1) is 11.3 Å². The molecule has 0 bridgehead atoms. The van der Waals surface area contributed by atoms with Gasteiger partial charge < -0.3 is 0 Å². The third kappa shape index (κ3) is 16.6. The van der Waals surface area contributed by atoms with Crippen molar-refractivity contribution in [1.82, 2.24) is 0 Å². The second-order valence-corrected chi connectivity index (χ2v) is 22.4. The number of allylic oxidation sites excluding steroid dienone is 7. The summed E-state index contributed by atoms with van der Waals surface area (Å²) in [4.78, 5) is 2.98. The van der Waals surface area contributed by atoms with Crippen LogP contribution in [0.2, 0.25) is 0 Å². The zero-order chi connectivity index (χ0) is 58.2. The fourth-order valence-corrected chi connectivity index (χ4v) is 11.1. The van der Waals surface area contributed by atoms with Crippen LogP contribution in [0.4, 0.5) is 0 Å². The van der Waals surface area contributed by atoms with E-state index in [1.807, 2.05) is 49.5 Å². The predicted molar refractivity (Wildman–Crippen MR) is 356 cm³/mol.